The Morgan fingerprint density at radius 1 is 1.39 bits per heavy atom. The minimum atomic E-state index is -1.08. The number of aliphatic hydroxyl groups excluding tert-OH is 1. The van der Waals surface area contributed by atoms with Gasteiger partial charge in [0.25, 0.3) is 5.78 Å². The second kappa shape index (κ2) is 8.59. The zero-order valence-electron chi connectivity index (χ0n) is 13.3. The van der Waals surface area contributed by atoms with E-state index in [1.807, 2.05) is 6.07 Å². The Kier molecular flexibility index (Phi) is 6.81. The van der Waals surface area contributed by atoms with Crippen molar-refractivity contribution in [3.8, 4) is 11.8 Å². The van der Waals surface area contributed by atoms with Crippen LogP contribution in [0.15, 0.2) is 24.3 Å². The molecule has 1 N–H and O–H groups in total. The third-order valence-electron chi connectivity index (χ3n) is 3.00. The molecule has 0 fully saturated rings. The minimum Gasteiger partial charge on any atom is -0.507 e. The fourth-order valence-corrected chi connectivity index (χ4v) is 1.67. The lowest BCUT2D eigenvalue weighted by molar-refractivity contribution is -0.149. The number of esters is 1. The van der Waals surface area contributed by atoms with Gasteiger partial charge in [0.15, 0.2) is 0 Å². The number of ether oxygens (including phenoxy) is 2. The summed E-state index contributed by atoms with van der Waals surface area (Å²) in [6.07, 6.45) is 1.60. The first-order valence-corrected chi connectivity index (χ1v) is 7.09. The van der Waals surface area contributed by atoms with Crippen molar-refractivity contribution in [1.82, 2.24) is 0 Å². The van der Waals surface area contributed by atoms with Crippen molar-refractivity contribution in [1.29, 1.82) is 5.26 Å². The standard InChI is InChI=1S/C17H19NO5/c1-11(2)6-7-23-16-5-4-12(8-13(16)10-18)14(19)9-15(20)17(21)22-3/h4-5,8-9,11,19H,6-7H2,1-3H3. The molecule has 0 amide bonds. The molecule has 0 aliphatic carbocycles. The van der Waals surface area contributed by atoms with Crippen molar-refractivity contribution in [3.05, 3.63) is 35.4 Å². The monoisotopic (exact) mass is 317 g/mol. The van der Waals surface area contributed by atoms with E-state index in [-0.39, 0.29) is 11.1 Å². The number of nitriles is 1. The summed E-state index contributed by atoms with van der Waals surface area (Å²) in [5.41, 5.74) is 0.465. The van der Waals surface area contributed by atoms with E-state index >= 15 is 0 Å². The maximum atomic E-state index is 11.4. The van der Waals surface area contributed by atoms with Crippen LogP contribution in [-0.2, 0) is 14.3 Å². The Labute approximate surface area is 134 Å². The van der Waals surface area contributed by atoms with Gasteiger partial charge in [-0.1, -0.05) is 13.8 Å². The maximum Gasteiger partial charge on any atom is 0.378 e. The quantitative estimate of drug-likeness (QED) is 0.359. The molecule has 0 aromatic heterocycles. The molecule has 0 bridgehead atoms. The van der Waals surface area contributed by atoms with E-state index in [9.17, 15) is 14.7 Å². The predicted molar refractivity (Wildman–Crippen MR) is 83.7 cm³/mol. The lowest BCUT2D eigenvalue weighted by Crippen LogP contribution is -2.13. The Hall–Kier alpha value is -2.81. The van der Waals surface area contributed by atoms with Crippen molar-refractivity contribution in [3.63, 3.8) is 0 Å². The third kappa shape index (κ3) is 5.47. The zero-order valence-corrected chi connectivity index (χ0v) is 13.3. The van der Waals surface area contributed by atoms with Gasteiger partial charge in [0.2, 0.25) is 0 Å². The number of methoxy groups -OCH3 is 1. The number of aliphatic hydroxyl groups is 1. The second-order valence-electron chi connectivity index (χ2n) is 5.24. The molecule has 0 saturated carbocycles. The molecule has 0 unspecified atom stereocenters. The van der Waals surface area contributed by atoms with E-state index in [1.165, 1.54) is 12.1 Å². The summed E-state index contributed by atoms with van der Waals surface area (Å²) in [5, 5.41) is 19.0. The summed E-state index contributed by atoms with van der Waals surface area (Å²) in [6, 6.07) is 6.41. The Morgan fingerprint density at radius 2 is 2.09 bits per heavy atom. The minimum absolute atomic E-state index is 0.231. The van der Waals surface area contributed by atoms with Gasteiger partial charge in [-0.05, 0) is 30.5 Å². The van der Waals surface area contributed by atoms with Crippen molar-refractivity contribution >= 4 is 17.5 Å². The first-order valence-electron chi connectivity index (χ1n) is 7.09. The van der Waals surface area contributed by atoms with Crippen LogP contribution in [0.2, 0.25) is 0 Å². The Balaban J connectivity index is 2.94. The van der Waals surface area contributed by atoms with Crippen LogP contribution in [0, 0.1) is 17.2 Å². The van der Waals surface area contributed by atoms with Gasteiger partial charge < -0.3 is 14.6 Å². The SMILES string of the molecule is COC(=O)C(=O)C=C(O)c1ccc(OCCC(C)C)c(C#N)c1. The number of nitrogens with zero attached hydrogens (tertiary/aromatic N) is 1. The number of carbonyl (C=O) groups excluding carboxylic acids is 2. The van der Waals surface area contributed by atoms with Crippen LogP contribution < -0.4 is 4.74 Å². The molecule has 0 atom stereocenters. The van der Waals surface area contributed by atoms with Crippen molar-refractivity contribution in [2.75, 3.05) is 13.7 Å². The fraction of sp³-hybridized carbons (Fsp3) is 0.353. The van der Waals surface area contributed by atoms with Gasteiger partial charge in [0.1, 0.15) is 17.6 Å². The maximum absolute atomic E-state index is 11.4. The van der Waals surface area contributed by atoms with E-state index in [1.54, 1.807) is 6.07 Å². The Morgan fingerprint density at radius 3 is 2.65 bits per heavy atom. The van der Waals surface area contributed by atoms with Gasteiger partial charge in [-0.25, -0.2) is 4.79 Å². The van der Waals surface area contributed by atoms with Crippen LogP contribution in [0.25, 0.3) is 5.76 Å². The first kappa shape index (κ1) is 18.2. The van der Waals surface area contributed by atoms with Gasteiger partial charge in [0, 0.05) is 11.6 Å². The van der Waals surface area contributed by atoms with Gasteiger partial charge in [0.05, 0.1) is 19.3 Å². The molecule has 6 heteroatoms. The lowest BCUT2D eigenvalue weighted by atomic mass is 10.1. The smallest absolute Gasteiger partial charge is 0.378 e. The highest BCUT2D eigenvalue weighted by Gasteiger charge is 2.14. The molecule has 0 aliphatic heterocycles. The fourth-order valence-electron chi connectivity index (χ4n) is 1.67. The number of ketones is 1. The molecule has 1 rings (SSSR count). The molecule has 0 aliphatic rings. The second-order valence-corrected chi connectivity index (χ2v) is 5.24. The van der Waals surface area contributed by atoms with Gasteiger partial charge in [-0.2, -0.15) is 5.26 Å². The van der Waals surface area contributed by atoms with Crippen molar-refractivity contribution < 1.29 is 24.2 Å². The topological polar surface area (TPSA) is 96.6 Å². The van der Waals surface area contributed by atoms with E-state index in [2.05, 4.69) is 18.6 Å². The number of carbonyl (C=O) groups is 2. The molecule has 0 spiro atoms. The number of benzene rings is 1. The molecule has 0 radical (unpaired) electrons. The summed E-state index contributed by atoms with van der Waals surface area (Å²) in [6.45, 7) is 4.62. The van der Waals surface area contributed by atoms with Crippen LogP contribution in [-0.4, -0.2) is 30.6 Å². The molecule has 0 heterocycles. The number of hydrogen-bond donors (Lipinski definition) is 1. The summed E-state index contributed by atoms with van der Waals surface area (Å²) < 4.78 is 9.81. The van der Waals surface area contributed by atoms with Crippen molar-refractivity contribution in [2.24, 2.45) is 5.92 Å². The molecular weight excluding hydrogens is 298 g/mol. The molecule has 23 heavy (non-hydrogen) atoms. The van der Waals surface area contributed by atoms with E-state index in [0.717, 1.165) is 19.6 Å². The number of hydrogen-bond acceptors (Lipinski definition) is 6. The summed E-state index contributed by atoms with van der Waals surface area (Å²) in [7, 11) is 1.07. The van der Waals surface area contributed by atoms with Crippen molar-refractivity contribution in [2.45, 2.75) is 20.3 Å². The summed E-state index contributed by atoms with van der Waals surface area (Å²) in [4.78, 5) is 22.4. The van der Waals surface area contributed by atoms with Gasteiger partial charge in [-0.15, -0.1) is 0 Å². The highest BCUT2D eigenvalue weighted by atomic mass is 16.5. The average Bonchev–Trinajstić information content (AvgIpc) is 2.53. The van der Waals surface area contributed by atoms with Crippen LogP contribution >= 0.6 is 0 Å². The molecule has 1 aromatic rings. The normalized spacial score (nSPS) is 11.0. The van der Waals surface area contributed by atoms with E-state index < -0.39 is 17.5 Å². The van der Waals surface area contributed by atoms with Crippen LogP contribution in [0.3, 0.4) is 0 Å². The molecular formula is C17H19NO5. The van der Waals surface area contributed by atoms with E-state index in [0.29, 0.717) is 18.3 Å². The molecule has 1 aromatic carbocycles. The third-order valence-corrected chi connectivity index (χ3v) is 3.00. The summed E-state index contributed by atoms with van der Waals surface area (Å²) in [5.74, 6) is -1.60. The largest absolute Gasteiger partial charge is 0.507 e. The number of rotatable bonds is 7. The van der Waals surface area contributed by atoms with Crippen LogP contribution in [0.4, 0.5) is 0 Å². The lowest BCUT2D eigenvalue weighted by Gasteiger charge is -2.10. The average molecular weight is 317 g/mol. The Bertz CT molecular complexity index is 655. The van der Waals surface area contributed by atoms with Crippen LogP contribution in [0.1, 0.15) is 31.4 Å². The van der Waals surface area contributed by atoms with E-state index in [4.69, 9.17) is 10.00 Å². The molecule has 0 saturated heterocycles. The van der Waals surface area contributed by atoms with Gasteiger partial charge >= 0.3 is 5.97 Å². The molecule has 6 nitrogen and oxygen atoms in total. The molecule has 122 valence electrons. The van der Waals surface area contributed by atoms with Gasteiger partial charge in [-0.3, -0.25) is 4.79 Å². The zero-order chi connectivity index (χ0) is 17.4. The first-order chi connectivity index (χ1) is 10.9. The predicted octanol–water partition coefficient (Wildman–Crippen LogP) is 2.62. The highest BCUT2D eigenvalue weighted by molar-refractivity contribution is 6.39. The summed E-state index contributed by atoms with van der Waals surface area (Å²) >= 11 is 0. The van der Waals surface area contributed by atoms with Crippen LogP contribution in [0.5, 0.6) is 5.75 Å². The highest BCUT2D eigenvalue weighted by Crippen LogP contribution is 2.23.